The maximum Gasteiger partial charge on any atom is 0.0548 e. The average Bonchev–Trinajstić information content (AvgIpc) is 2.79. The molecule has 0 radical (unpaired) electrons. The first-order chi connectivity index (χ1) is 10.2. The van der Waals surface area contributed by atoms with Crippen LogP contribution in [0.1, 0.15) is 24.6 Å². The van der Waals surface area contributed by atoms with Gasteiger partial charge in [0, 0.05) is 27.2 Å². The maximum atomic E-state index is 4.67. The van der Waals surface area contributed by atoms with Crippen LogP contribution in [0.4, 0.5) is 0 Å². The summed E-state index contributed by atoms with van der Waals surface area (Å²) in [6.07, 6.45) is 5.46. The number of allylic oxidation sites excluding steroid dienone is 1. The fourth-order valence-electron chi connectivity index (χ4n) is 2.82. The molecule has 0 unspecified atom stereocenters. The van der Waals surface area contributed by atoms with E-state index in [1.165, 1.54) is 27.8 Å². The molecule has 0 aliphatic rings. The first-order valence-corrected chi connectivity index (χ1v) is 7.73. The monoisotopic (exact) mass is 293 g/mol. The van der Waals surface area contributed by atoms with E-state index in [9.17, 15) is 0 Å². The Kier molecular flexibility index (Phi) is 3.89. The second-order valence-corrected chi connectivity index (χ2v) is 5.63. The normalized spacial score (nSPS) is 11.6. The Morgan fingerprint density at radius 1 is 1.05 bits per heavy atom. The zero-order valence-electron chi connectivity index (χ0n) is 12.4. The molecular formula is C19H19NS. The third-order valence-electron chi connectivity index (χ3n) is 3.79. The summed E-state index contributed by atoms with van der Waals surface area (Å²) >= 11 is 4.67. The lowest BCUT2D eigenvalue weighted by Gasteiger charge is -2.08. The average molecular weight is 293 g/mol. The molecule has 0 spiro atoms. The molecule has 0 amide bonds. The second kappa shape index (κ2) is 5.82. The highest BCUT2D eigenvalue weighted by Crippen LogP contribution is 2.34. The Hall–Kier alpha value is -1.93. The van der Waals surface area contributed by atoms with Crippen LogP contribution in [0.15, 0.2) is 59.5 Å². The Labute approximate surface area is 131 Å². The van der Waals surface area contributed by atoms with Crippen molar-refractivity contribution in [1.29, 1.82) is 0 Å². The Morgan fingerprint density at radius 3 is 2.52 bits per heavy atom. The molecule has 0 aliphatic heterocycles. The zero-order valence-corrected chi connectivity index (χ0v) is 13.3. The van der Waals surface area contributed by atoms with Gasteiger partial charge in [0.2, 0.25) is 0 Å². The van der Waals surface area contributed by atoms with Crippen molar-refractivity contribution < 1.29 is 0 Å². The zero-order chi connectivity index (χ0) is 14.8. The van der Waals surface area contributed by atoms with Crippen molar-refractivity contribution in [1.82, 2.24) is 4.57 Å². The third-order valence-corrected chi connectivity index (χ3v) is 4.16. The molecule has 1 heterocycles. The number of fused-ring (bicyclic) bond motifs is 1. The van der Waals surface area contributed by atoms with E-state index in [2.05, 4.69) is 85.7 Å². The van der Waals surface area contributed by atoms with Gasteiger partial charge in [-0.3, -0.25) is 0 Å². The van der Waals surface area contributed by atoms with Gasteiger partial charge >= 0.3 is 0 Å². The van der Waals surface area contributed by atoms with Crippen LogP contribution in [0.5, 0.6) is 0 Å². The van der Waals surface area contributed by atoms with Gasteiger partial charge in [-0.2, -0.15) is 0 Å². The summed E-state index contributed by atoms with van der Waals surface area (Å²) < 4.78 is 2.31. The fraction of sp³-hybridized carbons (Fsp3) is 0.158. The molecule has 0 N–H and O–H groups in total. The van der Waals surface area contributed by atoms with E-state index in [-0.39, 0.29) is 0 Å². The minimum Gasteiger partial charge on any atom is -0.313 e. The molecule has 3 aromatic rings. The summed E-state index contributed by atoms with van der Waals surface area (Å²) in [5.74, 6) is 0. The first-order valence-electron chi connectivity index (χ1n) is 7.29. The Morgan fingerprint density at radius 2 is 1.81 bits per heavy atom. The van der Waals surface area contributed by atoms with E-state index in [1.807, 2.05) is 6.07 Å². The summed E-state index contributed by atoms with van der Waals surface area (Å²) in [7, 11) is 0. The van der Waals surface area contributed by atoms with E-state index in [0.717, 1.165) is 11.3 Å². The van der Waals surface area contributed by atoms with Gasteiger partial charge in [0.1, 0.15) is 0 Å². The van der Waals surface area contributed by atoms with Crippen LogP contribution < -0.4 is 0 Å². The van der Waals surface area contributed by atoms with Gasteiger partial charge in [-0.25, -0.2) is 0 Å². The van der Waals surface area contributed by atoms with Gasteiger partial charge in [0.15, 0.2) is 0 Å². The van der Waals surface area contributed by atoms with Crippen molar-refractivity contribution in [3.63, 3.8) is 0 Å². The van der Waals surface area contributed by atoms with Crippen molar-refractivity contribution >= 4 is 29.6 Å². The smallest absolute Gasteiger partial charge is 0.0548 e. The molecule has 0 saturated heterocycles. The standard InChI is InChI=1S/C19H19NS/c1-3-4-11-16-14(2)20(15-9-6-5-7-10-15)17-12-8-13-18(21)19(16)17/h4-13,21H,3H2,1-2H3/b11-4-. The molecule has 0 atom stereocenters. The lowest BCUT2D eigenvalue weighted by Crippen LogP contribution is -1.96. The number of rotatable bonds is 3. The van der Waals surface area contributed by atoms with Crippen LogP contribution in [0.3, 0.4) is 0 Å². The van der Waals surface area contributed by atoms with E-state index in [1.54, 1.807) is 0 Å². The van der Waals surface area contributed by atoms with Gasteiger partial charge in [-0.15, -0.1) is 12.6 Å². The topological polar surface area (TPSA) is 4.93 Å². The van der Waals surface area contributed by atoms with Gasteiger partial charge < -0.3 is 4.57 Å². The van der Waals surface area contributed by atoms with Crippen molar-refractivity contribution in [3.05, 3.63) is 65.9 Å². The largest absolute Gasteiger partial charge is 0.313 e. The summed E-state index contributed by atoms with van der Waals surface area (Å²) in [6.45, 7) is 4.33. The number of hydrogen-bond donors (Lipinski definition) is 1. The van der Waals surface area contributed by atoms with E-state index in [4.69, 9.17) is 0 Å². The van der Waals surface area contributed by atoms with Gasteiger partial charge in [-0.1, -0.05) is 43.3 Å². The minimum atomic E-state index is 1.03. The summed E-state index contributed by atoms with van der Waals surface area (Å²) in [4.78, 5) is 1.03. The molecule has 0 fully saturated rings. The quantitative estimate of drug-likeness (QED) is 0.595. The summed E-state index contributed by atoms with van der Waals surface area (Å²) in [5.41, 5.74) is 4.92. The fourth-order valence-corrected chi connectivity index (χ4v) is 3.14. The van der Waals surface area contributed by atoms with Crippen LogP contribution in [0.25, 0.3) is 22.7 Å². The molecule has 0 aliphatic carbocycles. The van der Waals surface area contributed by atoms with Crippen LogP contribution in [0.2, 0.25) is 0 Å². The highest BCUT2D eigenvalue weighted by molar-refractivity contribution is 7.80. The molecule has 1 nitrogen and oxygen atoms in total. The van der Waals surface area contributed by atoms with Crippen molar-refractivity contribution in [2.75, 3.05) is 0 Å². The van der Waals surface area contributed by atoms with E-state index in [0.29, 0.717) is 0 Å². The predicted molar refractivity (Wildman–Crippen MR) is 94.6 cm³/mol. The molecular weight excluding hydrogens is 274 g/mol. The molecule has 2 heteroatoms. The molecule has 21 heavy (non-hydrogen) atoms. The Balaban J connectivity index is 2.38. The number of benzene rings is 2. The highest BCUT2D eigenvalue weighted by atomic mass is 32.1. The van der Waals surface area contributed by atoms with E-state index < -0.39 is 0 Å². The predicted octanol–water partition coefficient (Wildman–Crippen LogP) is 5.65. The molecule has 2 aromatic carbocycles. The second-order valence-electron chi connectivity index (χ2n) is 5.15. The number of nitrogens with zero attached hydrogens (tertiary/aromatic N) is 1. The summed E-state index contributed by atoms with van der Waals surface area (Å²) in [5, 5.41) is 1.23. The van der Waals surface area contributed by atoms with E-state index >= 15 is 0 Å². The maximum absolute atomic E-state index is 4.67. The lowest BCUT2D eigenvalue weighted by atomic mass is 10.1. The third kappa shape index (κ3) is 2.40. The molecule has 1 aromatic heterocycles. The number of para-hydroxylation sites is 1. The SMILES string of the molecule is CC/C=C\c1c(C)n(-c2ccccc2)c2cccc(S)c12. The van der Waals surface area contributed by atoms with Gasteiger partial charge in [0.25, 0.3) is 0 Å². The number of thiol groups is 1. The highest BCUT2D eigenvalue weighted by Gasteiger charge is 2.14. The summed E-state index contributed by atoms with van der Waals surface area (Å²) in [6, 6.07) is 16.8. The molecule has 0 bridgehead atoms. The lowest BCUT2D eigenvalue weighted by molar-refractivity contribution is 1.05. The van der Waals surface area contributed by atoms with Crippen molar-refractivity contribution in [3.8, 4) is 5.69 Å². The van der Waals surface area contributed by atoms with Crippen molar-refractivity contribution in [2.24, 2.45) is 0 Å². The molecule has 106 valence electrons. The molecule has 3 rings (SSSR count). The van der Waals surface area contributed by atoms with Crippen molar-refractivity contribution in [2.45, 2.75) is 25.2 Å². The van der Waals surface area contributed by atoms with Crippen LogP contribution in [0, 0.1) is 6.92 Å². The first kappa shape index (κ1) is 14.0. The number of aromatic nitrogens is 1. The number of hydrogen-bond acceptors (Lipinski definition) is 1. The Bertz CT molecular complexity index is 797. The van der Waals surface area contributed by atoms with Crippen LogP contribution in [-0.2, 0) is 0 Å². The minimum absolute atomic E-state index is 1.03. The van der Waals surface area contributed by atoms with Gasteiger partial charge in [0.05, 0.1) is 5.52 Å². The van der Waals surface area contributed by atoms with Crippen LogP contribution in [-0.4, -0.2) is 4.57 Å². The molecule has 0 saturated carbocycles. The van der Waals surface area contributed by atoms with Gasteiger partial charge in [-0.05, 0) is 37.6 Å². The van der Waals surface area contributed by atoms with Crippen LogP contribution >= 0.6 is 12.6 Å².